The molecule has 110 valence electrons. The molecule has 4 rings (SSSR count). The van der Waals surface area contributed by atoms with Gasteiger partial charge < -0.3 is 5.32 Å². The van der Waals surface area contributed by atoms with Crippen LogP contribution in [-0.2, 0) is 12.8 Å². The van der Waals surface area contributed by atoms with E-state index in [1.807, 2.05) is 6.92 Å². The fourth-order valence-electron chi connectivity index (χ4n) is 3.46. The highest BCUT2D eigenvalue weighted by Crippen LogP contribution is 2.44. The summed E-state index contributed by atoms with van der Waals surface area (Å²) in [6.07, 6.45) is 3.80. The zero-order valence-electron chi connectivity index (χ0n) is 12.1. The maximum atomic E-state index is 14.4. The van der Waals surface area contributed by atoms with Gasteiger partial charge in [0.15, 0.2) is 11.6 Å². The molecule has 21 heavy (non-hydrogen) atoms. The smallest absolute Gasteiger partial charge is 0.168 e. The van der Waals surface area contributed by atoms with Crippen molar-refractivity contribution in [2.75, 3.05) is 13.1 Å². The first kappa shape index (κ1) is 13.1. The molecule has 0 amide bonds. The van der Waals surface area contributed by atoms with Gasteiger partial charge in [0.05, 0.1) is 5.52 Å². The summed E-state index contributed by atoms with van der Waals surface area (Å²) in [6.45, 7) is 3.67. The maximum Gasteiger partial charge on any atom is 0.168 e. The average Bonchev–Trinajstić information content (AvgIpc) is 3.29. The molecule has 2 heterocycles. The van der Waals surface area contributed by atoms with Crippen LogP contribution in [0, 0.1) is 18.6 Å². The van der Waals surface area contributed by atoms with Crippen LogP contribution in [0.4, 0.5) is 8.78 Å². The molecule has 0 spiro atoms. The molecule has 1 saturated carbocycles. The molecule has 1 aliphatic heterocycles. The largest absolute Gasteiger partial charge is 0.316 e. The summed E-state index contributed by atoms with van der Waals surface area (Å²) in [7, 11) is 0. The molecule has 1 aliphatic carbocycles. The summed E-state index contributed by atoms with van der Waals surface area (Å²) in [5.74, 6) is -1.11. The lowest BCUT2D eigenvalue weighted by atomic mass is 9.95. The molecular weight excluding hydrogens is 270 g/mol. The van der Waals surface area contributed by atoms with E-state index in [4.69, 9.17) is 4.98 Å². The fourth-order valence-corrected chi connectivity index (χ4v) is 3.46. The van der Waals surface area contributed by atoms with Crippen LogP contribution in [0.2, 0.25) is 0 Å². The third-order valence-electron chi connectivity index (χ3n) is 4.75. The monoisotopic (exact) mass is 288 g/mol. The van der Waals surface area contributed by atoms with Crippen molar-refractivity contribution in [1.82, 2.24) is 10.3 Å². The molecule has 0 radical (unpaired) electrons. The van der Waals surface area contributed by atoms with Gasteiger partial charge in [0.1, 0.15) is 0 Å². The Morgan fingerprint density at radius 1 is 1.19 bits per heavy atom. The molecule has 2 aliphatic rings. The second-order valence-corrected chi connectivity index (χ2v) is 6.17. The van der Waals surface area contributed by atoms with Gasteiger partial charge in [0.2, 0.25) is 0 Å². The van der Waals surface area contributed by atoms with Crippen molar-refractivity contribution in [3.63, 3.8) is 0 Å². The first-order valence-corrected chi connectivity index (χ1v) is 7.67. The van der Waals surface area contributed by atoms with Gasteiger partial charge in [-0.25, -0.2) is 8.78 Å². The van der Waals surface area contributed by atoms with E-state index in [1.54, 1.807) is 0 Å². The van der Waals surface area contributed by atoms with Crippen molar-refractivity contribution < 1.29 is 8.78 Å². The maximum absolute atomic E-state index is 14.4. The molecule has 2 nitrogen and oxygen atoms in total. The lowest BCUT2D eigenvalue weighted by molar-refractivity contribution is 0.515. The highest BCUT2D eigenvalue weighted by atomic mass is 19.2. The van der Waals surface area contributed by atoms with Gasteiger partial charge in [0, 0.05) is 24.0 Å². The Balaban J connectivity index is 2.07. The van der Waals surface area contributed by atoms with Crippen molar-refractivity contribution >= 4 is 10.9 Å². The summed E-state index contributed by atoms with van der Waals surface area (Å²) in [5, 5.41) is 3.74. The molecule has 1 N–H and O–H groups in total. The number of aryl methyl sites for hydroxylation is 1. The second kappa shape index (κ2) is 4.73. The van der Waals surface area contributed by atoms with Crippen LogP contribution in [0.5, 0.6) is 0 Å². The Morgan fingerprint density at radius 2 is 1.95 bits per heavy atom. The molecule has 1 aromatic carbocycles. The minimum atomic E-state index is -0.737. The van der Waals surface area contributed by atoms with Crippen LogP contribution in [0.3, 0.4) is 0 Å². The molecule has 0 atom stereocenters. The summed E-state index contributed by atoms with van der Waals surface area (Å²) in [4.78, 5) is 4.75. The van der Waals surface area contributed by atoms with Gasteiger partial charge in [-0.1, -0.05) is 0 Å². The van der Waals surface area contributed by atoms with E-state index < -0.39 is 11.6 Å². The number of halogens is 2. The molecule has 0 unspecified atom stereocenters. The predicted molar refractivity (Wildman–Crippen MR) is 78.6 cm³/mol. The van der Waals surface area contributed by atoms with Crippen molar-refractivity contribution in [3.8, 4) is 0 Å². The van der Waals surface area contributed by atoms with Crippen LogP contribution in [0.1, 0.15) is 41.1 Å². The molecular formula is C17H18F2N2. The highest BCUT2D eigenvalue weighted by Gasteiger charge is 2.30. The normalized spacial score (nSPS) is 18.6. The van der Waals surface area contributed by atoms with Crippen molar-refractivity contribution in [3.05, 3.63) is 40.1 Å². The number of fused-ring (bicyclic) bond motifs is 2. The van der Waals surface area contributed by atoms with Crippen molar-refractivity contribution in [1.29, 1.82) is 0 Å². The quantitative estimate of drug-likeness (QED) is 0.870. The number of hydrogen-bond acceptors (Lipinski definition) is 2. The van der Waals surface area contributed by atoms with Gasteiger partial charge in [-0.3, -0.25) is 4.98 Å². The van der Waals surface area contributed by atoms with E-state index in [9.17, 15) is 8.78 Å². The first-order chi connectivity index (χ1) is 10.2. The lowest BCUT2D eigenvalue weighted by Crippen LogP contribution is -2.16. The van der Waals surface area contributed by atoms with E-state index in [1.165, 1.54) is 6.07 Å². The molecule has 2 aromatic rings. The highest BCUT2D eigenvalue weighted by molar-refractivity contribution is 5.88. The lowest BCUT2D eigenvalue weighted by Gasteiger charge is -2.15. The van der Waals surface area contributed by atoms with Crippen LogP contribution in [-0.4, -0.2) is 18.1 Å². The molecule has 1 fully saturated rings. The minimum absolute atomic E-state index is 0.358. The van der Waals surface area contributed by atoms with Gasteiger partial charge in [-0.15, -0.1) is 0 Å². The fraction of sp³-hybridized carbons (Fsp3) is 0.471. The number of hydrogen-bond donors (Lipinski definition) is 1. The first-order valence-electron chi connectivity index (χ1n) is 7.67. The van der Waals surface area contributed by atoms with E-state index in [-0.39, 0.29) is 0 Å². The number of aromatic nitrogens is 1. The Labute approximate surface area is 122 Å². The van der Waals surface area contributed by atoms with Crippen molar-refractivity contribution in [2.45, 2.75) is 38.5 Å². The summed E-state index contributed by atoms with van der Waals surface area (Å²) < 4.78 is 28.3. The van der Waals surface area contributed by atoms with Crippen molar-refractivity contribution in [2.24, 2.45) is 0 Å². The Morgan fingerprint density at radius 3 is 2.71 bits per heavy atom. The third kappa shape index (κ3) is 2.04. The number of nitrogens with one attached hydrogen (secondary N) is 1. The van der Waals surface area contributed by atoms with E-state index >= 15 is 0 Å². The number of pyridine rings is 1. The topological polar surface area (TPSA) is 24.9 Å². The molecule has 0 saturated heterocycles. The third-order valence-corrected chi connectivity index (χ3v) is 4.75. The van der Waals surface area contributed by atoms with Gasteiger partial charge in [0.25, 0.3) is 0 Å². The van der Waals surface area contributed by atoms with Crippen LogP contribution >= 0.6 is 0 Å². The zero-order valence-corrected chi connectivity index (χ0v) is 12.1. The van der Waals surface area contributed by atoms with Crippen LogP contribution in [0.15, 0.2) is 6.07 Å². The predicted octanol–water partition coefficient (Wildman–Crippen LogP) is 3.39. The van der Waals surface area contributed by atoms with E-state index in [2.05, 4.69) is 5.32 Å². The summed E-state index contributed by atoms with van der Waals surface area (Å²) in [5.41, 5.74) is 4.61. The number of benzene rings is 1. The molecule has 1 aromatic heterocycles. The minimum Gasteiger partial charge on any atom is -0.316 e. The van der Waals surface area contributed by atoms with Gasteiger partial charge in [-0.05, 0) is 61.4 Å². The number of nitrogens with zero attached hydrogens (tertiary/aromatic N) is 1. The Bertz CT molecular complexity index is 736. The Kier molecular flexibility index (Phi) is 2.96. The molecule has 4 heteroatoms. The Hall–Kier alpha value is -1.55. The summed E-state index contributed by atoms with van der Waals surface area (Å²) in [6, 6.07) is 1.36. The van der Waals surface area contributed by atoms with E-state index in [0.717, 1.165) is 61.2 Å². The SMILES string of the molecule is Cc1c2c(nc3c(C4CC4)cc(F)c(F)c13)CCNCC2. The second-order valence-electron chi connectivity index (χ2n) is 6.17. The number of rotatable bonds is 1. The van der Waals surface area contributed by atoms with E-state index in [0.29, 0.717) is 16.8 Å². The van der Waals surface area contributed by atoms with Crippen LogP contribution in [0.25, 0.3) is 10.9 Å². The standard InChI is InChI=1S/C17H18F2N2/c1-9-11-4-6-20-7-5-14(11)21-17-12(10-2-3-10)8-13(18)16(19)15(9)17/h8,10,20H,2-7H2,1H3. The average molecular weight is 288 g/mol. The van der Waals surface area contributed by atoms with Gasteiger partial charge in [-0.2, -0.15) is 0 Å². The van der Waals surface area contributed by atoms with Crippen LogP contribution < -0.4 is 5.32 Å². The zero-order chi connectivity index (χ0) is 14.6. The van der Waals surface area contributed by atoms with Gasteiger partial charge >= 0.3 is 0 Å². The summed E-state index contributed by atoms with van der Waals surface area (Å²) >= 11 is 0. The molecule has 0 bridgehead atoms.